The summed E-state index contributed by atoms with van der Waals surface area (Å²) in [5.41, 5.74) is 0.233. The van der Waals surface area contributed by atoms with Crippen LogP contribution in [0.2, 0.25) is 5.02 Å². The minimum Gasteiger partial charge on any atom is -0.495 e. The monoisotopic (exact) mass is 227 g/mol. The lowest BCUT2D eigenvalue weighted by Crippen LogP contribution is -1.96. The van der Waals surface area contributed by atoms with E-state index >= 15 is 0 Å². The van der Waals surface area contributed by atoms with Gasteiger partial charge in [-0.05, 0) is 0 Å². The van der Waals surface area contributed by atoms with Gasteiger partial charge in [0.2, 0.25) is 0 Å². The molecule has 0 spiro atoms. The average molecular weight is 228 g/mol. The second kappa shape index (κ2) is 4.76. The van der Waals surface area contributed by atoms with Gasteiger partial charge in [-0.2, -0.15) is 5.26 Å². The molecule has 1 rings (SSSR count). The van der Waals surface area contributed by atoms with Crippen LogP contribution in [0.4, 0.5) is 0 Å². The van der Waals surface area contributed by atoms with Crippen LogP contribution < -0.4 is 14.2 Å². The van der Waals surface area contributed by atoms with E-state index in [1.165, 1.54) is 21.3 Å². The van der Waals surface area contributed by atoms with Crippen LogP contribution in [0, 0.1) is 11.3 Å². The van der Waals surface area contributed by atoms with Crippen molar-refractivity contribution < 1.29 is 14.2 Å². The molecule has 0 atom stereocenters. The quantitative estimate of drug-likeness (QED) is 0.795. The van der Waals surface area contributed by atoms with Gasteiger partial charge < -0.3 is 14.2 Å². The number of methoxy groups -OCH3 is 3. The maximum Gasteiger partial charge on any atom is 0.181 e. The van der Waals surface area contributed by atoms with Crippen LogP contribution in [-0.2, 0) is 0 Å². The zero-order valence-corrected chi connectivity index (χ0v) is 9.38. The van der Waals surface area contributed by atoms with Crippen LogP contribution in [0.1, 0.15) is 5.56 Å². The predicted molar refractivity (Wildman–Crippen MR) is 55.8 cm³/mol. The fraction of sp³-hybridized carbons (Fsp3) is 0.300. The summed E-state index contributed by atoms with van der Waals surface area (Å²) in [6.45, 7) is 0. The third kappa shape index (κ3) is 1.92. The summed E-state index contributed by atoms with van der Waals surface area (Å²) in [5, 5.41) is 9.09. The van der Waals surface area contributed by atoms with E-state index in [2.05, 4.69) is 0 Å². The van der Waals surface area contributed by atoms with Gasteiger partial charge in [0, 0.05) is 6.07 Å². The molecule has 0 saturated heterocycles. The molecule has 0 bridgehead atoms. The first kappa shape index (κ1) is 11.5. The second-order valence-electron chi connectivity index (χ2n) is 2.62. The molecule has 0 aliphatic rings. The lowest BCUT2D eigenvalue weighted by molar-refractivity contribution is 0.349. The zero-order chi connectivity index (χ0) is 11.4. The molecule has 0 aromatic heterocycles. The van der Waals surface area contributed by atoms with Gasteiger partial charge in [-0.3, -0.25) is 0 Å². The highest BCUT2D eigenvalue weighted by Gasteiger charge is 2.18. The third-order valence-corrected chi connectivity index (χ3v) is 2.27. The molecule has 4 nitrogen and oxygen atoms in total. The molecule has 80 valence electrons. The summed E-state index contributed by atoms with van der Waals surface area (Å²) < 4.78 is 15.1. The maximum absolute atomic E-state index is 8.90. The maximum atomic E-state index is 8.90. The largest absolute Gasteiger partial charge is 0.495 e. The van der Waals surface area contributed by atoms with Gasteiger partial charge in [0.05, 0.1) is 21.3 Å². The zero-order valence-electron chi connectivity index (χ0n) is 8.63. The van der Waals surface area contributed by atoms with Crippen LogP contribution in [0.15, 0.2) is 6.07 Å². The molecule has 0 fully saturated rings. The fourth-order valence-electron chi connectivity index (χ4n) is 1.19. The third-order valence-electron chi connectivity index (χ3n) is 1.91. The molecule has 0 aliphatic carbocycles. The number of hydrogen-bond acceptors (Lipinski definition) is 4. The Balaban J connectivity index is 3.50. The lowest BCUT2D eigenvalue weighted by atomic mass is 10.2. The van der Waals surface area contributed by atoms with Gasteiger partial charge in [0.25, 0.3) is 0 Å². The van der Waals surface area contributed by atoms with Crippen molar-refractivity contribution in [1.82, 2.24) is 0 Å². The van der Waals surface area contributed by atoms with E-state index in [1.54, 1.807) is 6.07 Å². The minimum atomic E-state index is 0.191. The van der Waals surface area contributed by atoms with Gasteiger partial charge >= 0.3 is 0 Å². The van der Waals surface area contributed by atoms with Crippen molar-refractivity contribution >= 4 is 11.6 Å². The summed E-state index contributed by atoms with van der Waals surface area (Å²) in [5.74, 6) is 1.12. The highest BCUT2D eigenvalue weighted by atomic mass is 35.5. The number of hydrogen-bond donors (Lipinski definition) is 0. The van der Waals surface area contributed by atoms with Crippen molar-refractivity contribution in [2.45, 2.75) is 0 Å². The Morgan fingerprint density at radius 1 is 1.13 bits per heavy atom. The van der Waals surface area contributed by atoms with E-state index in [9.17, 15) is 0 Å². The Labute approximate surface area is 92.9 Å². The van der Waals surface area contributed by atoms with Gasteiger partial charge in [-0.15, -0.1) is 0 Å². The molecule has 0 N–H and O–H groups in total. The van der Waals surface area contributed by atoms with Crippen LogP contribution in [0.3, 0.4) is 0 Å². The lowest BCUT2D eigenvalue weighted by Gasteiger charge is -2.12. The summed E-state index contributed by atoms with van der Waals surface area (Å²) >= 11 is 5.97. The number of ether oxygens (including phenoxy) is 3. The summed E-state index contributed by atoms with van der Waals surface area (Å²) in [7, 11) is 4.40. The number of halogens is 1. The standard InChI is InChI=1S/C10H10ClNO3/c1-13-7-4-8(14-2)10(15-3)9(11)6(7)5-12/h4H,1-3H3. The average Bonchev–Trinajstić information content (AvgIpc) is 2.27. The van der Waals surface area contributed by atoms with Crippen LogP contribution in [-0.4, -0.2) is 21.3 Å². The van der Waals surface area contributed by atoms with Crippen LogP contribution >= 0.6 is 11.6 Å². The van der Waals surface area contributed by atoms with Gasteiger partial charge in [-0.25, -0.2) is 0 Å². The minimum absolute atomic E-state index is 0.191. The van der Waals surface area contributed by atoms with E-state index in [0.717, 1.165) is 0 Å². The van der Waals surface area contributed by atoms with E-state index < -0.39 is 0 Å². The SMILES string of the molecule is COc1cc(OC)c(OC)c(Cl)c1C#N. The molecule has 0 unspecified atom stereocenters. The number of nitriles is 1. The van der Waals surface area contributed by atoms with Crippen molar-refractivity contribution in [1.29, 1.82) is 5.26 Å². The normalized spacial score (nSPS) is 9.27. The van der Waals surface area contributed by atoms with Crippen molar-refractivity contribution in [3.05, 3.63) is 16.7 Å². The van der Waals surface area contributed by atoms with E-state index in [1.807, 2.05) is 6.07 Å². The first-order valence-corrected chi connectivity index (χ1v) is 4.46. The van der Waals surface area contributed by atoms with Gasteiger partial charge in [-0.1, -0.05) is 11.6 Å². The molecule has 0 radical (unpaired) electrons. The van der Waals surface area contributed by atoms with E-state index in [-0.39, 0.29) is 10.6 Å². The molecular weight excluding hydrogens is 218 g/mol. The first-order chi connectivity index (χ1) is 7.19. The molecule has 0 amide bonds. The molecule has 0 aliphatic heterocycles. The Kier molecular flexibility index (Phi) is 3.64. The van der Waals surface area contributed by atoms with Crippen LogP contribution in [0.5, 0.6) is 17.2 Å². The van der Waals surface area contributed by atoms with E-state index in [4.69, 9.17) is 31.1 Å². The van der Waals surface area contributed by atoms with Crippen LogP contribution in [0.25, 0.3) is 0 Å². The Morgan fingerprint density at radius 3 is 2.13 bits per heavy atom. The highest BCUT2D eigenvalue weighted by molar-refractivity contribution is 6.33. The molecule has 1 aromatic rings. The first-order valence-electron chi connectivity index (χ1n) is 4.08. The van der Waals surface area contributed by atoms with E-state index in [0.29, 0.717) is 17.2 Å². The Hall–Kier alpha value is -1.60. The van der Waals surface area contributed by atoms with Crippen molar-refractivity contribution in [3.8, 4) is 23.3 Å². The summed E-state index contributed by atoms with van der Waals surface area (Å²) in [6.07, 6.45) is 0. The highest BCUT2D eigenvalue weighted by Crippen LogP contribution is 2.42. The Morgan fingerprint density at radius 2 is 1.73 bits per heavy atom. The van der Waals surface area contributed by atoms with Crippen molar-refractivity contribution in [3.63, 3.8) is 0 Å². The summed E-state index contributed by atoms with van der Waals surface area (Å²) in [4.78, 5) is 0. The molecule has 15 heavy (non-hydrogen) atoms. The van der Waals surface area contributed by atoms with Crippen molar-refractivity contribution in [2.75, 3.05) is 21.3 Å². The molecule has 0 saturated carbocycles. The van der Waals surface area contributed by atoms with Crippen molar-refractivity contribution in [2.24, 2.45) is 0 Å². The predicted octanol–water partition coefficient (Wildman–Crippen LogP) is 2.24. The number of nitrogens with zero attached hydrogens (tertiary/aromatic N) is 1. The second-order valence-corrected chi connectivity index (χ2v) is 2.99. The topological polar surface area (TPSA) is 51.5 Å². The van der Waals surface area contributed by atoms with Gasteiger partial charge in [0.1, 0.15) is 22.4 Å². The van der Waals surface area contributed by atoms with Gasteiger partial charge in [0.15, 0.2) is 11.5 Å². The summed E-state index contributed by atoms with van der Waals surface area (Å²) in [6, 6.07) is 3.51. The molecule has 0 heterocycles. The Bertz CT molecular complexity index is 412. The number of benzene rings is 1. The number of rotatable bonds is 3. The molecule has 5 heteroatoms. The fourth-order valence-corrected chi connectivity index (χ4v) is 1.50. The molecular formula is C10H10ClNO3. The molecule has 1 aromatic carbocycles. The smallest absolute Gasteiger partial charge is 0.181 e.